The fourth-order valence-corrected chi connectivity index (χ4v) is 6.42. The maximum atomic E-state index is 13.9. The number of rotatable bonds is 4. The van der Waals surface area contributed by atoms with Gasteiger partial charge in [0.1, 0.15) is 22.8 Å². The second kappa shape index (κ2) is 9.32. The molecular weight excluding hydrogens is 520 g/mol. The van der Waals surface area contributed by atoms with E-state index < -0.39 is 64.0 Å². The van der Waals surface area contributed by atoms with Crippen LogP contribution < -0.4 is 5.73 Å². The molecule has 4 atom stereocenters. The van der Waals surface area contributed by atoms with E-state index in [1.165, 1.54) is 18.1 Å². The van der Waals surface area contributed by atoms with Crippen LogP contribution in [0.1, 0.15) is 27.9 Å². The average molecular weight is 549 g/mol. The summed E-state index contributed by atoms with van der Waals surface area (Å²) in [4.78, 5) is 52.5. The zero-order chi connectivity index (χ0) is 29.3. The number of fused-ring (bicyclic) bond motifs is 3. The van der Waals surface area contributed by atoms with Gasteiger partial charge < -0.3 is 30.9 Å². The lowest BCUT2D eigenvalue weighted by atomic mass is 9.57. The Kier molecular flexibility index (Phi) is 6.31. The Morgan fingerprint density at radius 1 is 1.05 bits per heavy atom. The molecule has 0 spiro atoms. The van der Waals surface area contributed by atoms with Gasteiger partial charge in [-0.1, -0.05) is 18.2 Å². The second-order valence-corrected chi connectivity index (χ2v) is 10.5. The fraction of sp³-hybridized carbons (Fsp3) is 0.310. The van der Waals surface area contributed by atoms with Gasteiger partial charge in [0, 0.05) is 11.5 Å². The normalized spacial score (nSPS) is 25.9. The minimum atomic E-state index is -2.69. The van der Waals surface area contributed by atoms with E-state index in [2.05, 4.69) is 0 Å². The van der Waals surface area contributed by atoms with Gasteiger partial charge in [0.2, 0.25) is 5.78 Å². The summed E-state index contributed by atoms with van der Waals surface area (Å²) in [5.41, 5.74) is 3.72. The number of aliphatic hydroxyl groups excluding tert-OH is 2. The molecule has 2 aromatic rings. The molecule has 0 unspecified atom stereocenters. The number of nitrogens with zero attached hydrogens (tertiary/aromatic N) is 1. The van der Waals surface area contributed by atoms with E-state index in [1.54, 1.807) is 44.4 Å². The lowest BCUT2D eigenvalue weighted by Crippen LogP contribution is -2.65. The second-order valence-electron chi connectivity index (χ2n) is 10.5. The van der Waals surface area contributed by atoms with Crippen molar-refractivity contribution in [2.75, 3.05) is 21.2 Å². The van der Waals surface area contributed by atoms with Crippen molar-refractivity contribution in [3.05, 3.63) is 70.0 Å². The summed E-state index contributed by atoms with van der Waals surface area (Å²) in [7, 11) is 4.36. The maximum absolute atomic E-state index is 13.9. The fourth-order valence-electron chi connectivity index (χ4n) is 6.42. The molecule has 40 heavy (non-hydrogen) atoms. The van der Waals surface area contributed by atoms with Gasteiger partial charge >= 0.3 is 5.97 Å². The minimum absolute atomic E-state index is 0.00849. The first-order chi connectivity index (χ1) is 18.8. The molecule has 208 valence electrons. The highest BCUT2D eigenvalue weighted by Crippen LogP contribution is 2.53. The van der Waals surface area contributed by atoms with Crippen LogP contribution in [0.2, 0.25) is 0 Å². The van der Waals surface area contributed by atoms with Gasteiger partial charge in [-0.2, -0.15) is 0 Å². The van der Waals surface area contributed by atoms with Crippen molar-refractivity contribution in [1.29, 1.82) is 0 Å². The molecule has 1 amide bonds. The van der Waals surface area contributed by atoms with E-state index >= 15 is 0 Å². The molecule has 1 saturated carbocycles. The van der Waals surface area contributed by atoms with Crippen LogP contribution in [0.25, 0.3) is 16.9 Å². The third-order valence-electron chi connectivity index (χ3n) is 8.22. The van der Waals surface area contributed by atoms with Crippen LogP contribution in [0.3, 0.4) is 0 Å². The number of likely N-dealkylation sites (N-methyl/N-ethyl adjacent to an activating group) is 1. The molecule has 6 N–H and O–H groups in total. The number of primary amides is 1. The smallest absolute Gasteiger partial charge is 0.337 e. The van der Waals surface area contributed by atoms with Crippen LogP contribution >= 0.6 is 0 Å². The van der Waals surface area contributed by atoms with Gasteiger partial charge in [0.25, 0.3) is 5.91 Å². The first-order valence-corrected chi connectivity index (χ1v) is 12.5. The summed E-state index contributed by atoms with van der Waals surface area (Å²) in [6.45, 7) is 0. The Morgan fingerprint density at radius 3 is 2.27 bits per heavy atom. The molecule has 0 bridgehead atoms. The number of phenols is 1. The van der Waals surface area contributed by atoms with E-state index in [0.29, 0.717) is 22.3 Å². The first-order valence-electron chi connectivity index (χ1n) is 12.5. The third kappa shape index (κ3) is 3.65. The molecule has 11 heteroatoms. The first kappa shape index (κ1) is 27.1. The zero-order valence-corrected chi connectivity index (χ0v) is 22.0. The SMILES string of the molecule is COC(=O)c1ccc(-c2ccc(O)c3c2C[C@@H]2C[C@H]4[C@@H](N(C)C)C(=O)C(C(N)=O)=C(O)[C@@]4(O)C(=O)C2=C3O)cc1. The number of hydrogen-bond donors (Lipinski definition) is 5. The number of ether oxygens (including phenoxy) is 1. The molecule has 3 aliphatic rings. The molecule has 1 fully saturated rings. The Hall–Kier alpha value is -4.48. The van der Waals surface area contributed by atoms with Crippen LogP contribution in [0, 0.1) is 11.8 Å². The van der Waals surface area contributed by atoms with Crippen molar-refractivity contribution in [1.82, 2.24) is 4.90 Å². The molecular formula is C29H28N2O9. The molecule has 0 saturated heterocycles. The number of esters is 1. The van der Waals surface area contributed by atoms with E-state index in [-0.39, 0.29) is 29.7 Å². The molecule has 0 radical (unpaired) electrons. The number of Topliss-reactive ketones (excluding diaryl/α,β-unsaturated/α-hetero) is 2. The van der Waals surface area contributed by atoms with Gasteiger partial charge in [-0.3, -0.25) is 19.3 Å². The standard InChI is InChI=1S/C29H28N2O9/c1-31(2)22-17-11-14-10-16-15(12-4-6-13(7-5-12)28(38)40-3)8-9-18(32)20(16)23(33)19(14)25(35)29(17,39)26(36)21(24(22)34)27(30)37/h4-9,14,17,22,32-33,36,39H,10-11H2,1-3H3,(H2,30,37)/t14-,17+,22-,29+/m1/s1. The lowest BCUT2D eigenvalue weighted by Gasteiger charge is -2.50. The van der Waals surface area contributed by atoms with Gasteiger partial charge in [-0.25, -0.2) is 4.79 Å². The van der Waals surface area contributed by atoms with Crippen molar-refractivity contribution in [3.8, 4) is 16.9 Å². The van der Waals surface area contributed by atoms with E-state index in [0.717, 1.165) is 0 Å². The number of nitrogens with two attached hydrogens (primary N) is 1. The number of methoxy groups -OCH3 is 1. The Bertz CT molecular complexity index is 1550. The summed E-state index contributed by atoms with van der Waals surface area (Å²) < 4.78 is 4.75. The topological polar surface area (TPSA) is 188 Å². The quantitative estimate of drug-likeness (QED) is 0.276. The van der Waals surface area contributed by atoms with Gasteiger partial charge in [0.15, 0.2) is 11.4 Å². The van der Waals surface area contributed by atoms with Crippen LogP contribution in [-0.2, 0) is 25.5 Å². The van der Waals surface area contributed by atoms with Crippen LogP contribution in [0.4, 0.5) is 0 Å². The lowest BCUT2D eigenvalue weighted by molar-refractivity contribution is -0.153. The predicted molar refractivity (Wildman–Crippen MR) is 141 cm³/mol. The highest BCUT2D eigenvalue weighted by molar-refractivity contribution is 6.24. The summed E-state index contributed by atoms with van der Waals surface area (Å²) in [5, 5.41) is 44.7. The van der Waals surface area contributed by atoms with Crippen molar-refractivity contribution in [3.63, 3.8) is 0 Å². The molecule has 5 rings (SSSR count). The molecule has 3 aliphatic carbocycles. The Labute approximate surface area is 228 Å². The number of aliphatic hydroxyl groups is 3. The minimum Gasteiger partial charge on any atom is -0.508 e. The number of aromatic hydroxyl groups is 1. The largest absolute Gasteiger partial charge is 0.508 e. The monoisotopic (exact) mass is 548 g/mol. The average Bonchev–Trinajstić information content (AvgIpc) is 2.90. The summed E-state index contributed by atoms with van der Waals surface area (Å²) >= 11 is 0. The number of hydrogen-bond acceptors (Lipinski definition) is 10. The van der Waals surface area contributed by atoms with Gasteiger partial charge in [-0.05, 0) is 67.7 Å². The molecule has 11 nitrogen and oxygen atoms in total. The molecule has 2 aromatic carbocycles. The molecule has 0 aliphatic heterocycles. The van der Waals surface area contributed by atoms with Crippen molar-refractivity contribution >= 4 is 29.2 Å². The summed E-state index contributed by atoms with van der Waals surface area (Å²) in [6.07, 6.45) is 0.138. The number of amides is 1. The summed E-state index contributed by atoms with van der Waals surface area (Å²) in [5.74, 6) is -7.54. The van der Waals surface area contributed by atoms with Gasteiger partial charge in [0.05, 0.1) is 24.3 Å². The van der Waals surface area contributed by atoms with E-state index in [1.807, 2.05) is 0 Å². The predicted octanol–water partition coefficient (Wildman–Crippen LogP) is 1.42. The number of benzene rings is 2. The van der Waals surface area contributed by atoms with Gasteiger partial charge in [-0.15, -0.1) is 0 Å². The van der Waals surface area contributed by atoms with E-state index in [4.69, 9.17) is 10.5 Å². The Balaban J connectivity index is 1.69. The highest BCUT2D eigenvalue weighted by atomic mass is 16.5. The molecule has 0 heterocycles. The maximum Gasteiger partial charge on any atom is 0.337 e. The molecule has 0 aromatic heterocycles. The van der Waals surface area contributed by atoms with Crippen molar-refractivity contribution in [2.24, 2.45) is 17.6 Å². The number of ketones is 2. The number of phenolic OH excluding ortho intramolecular Hbond substituents is 1. The van der Waals surface area contributed by atoms with Crippen LogP contribution in [0.5, 0.6) is 5.75 Å². The van der Waals surface area contributed by atoms with Crippen LogP contribution in [-0.4, -0.2) is 81.6 Å². The van der Waals surface area contributed by atoms with Crippen molar-refractivity contribution < 1.29 is 44.3 Å². The van der Waals surface area contributed by atoms with Crippen molar-refractivity contribution in [2.45, 2.75) is 24.5 Å². The zero-order valence-electron chi connectivity index (χ0n) is 22.0. The van der Waals surface area contributed by atoms with E-state index in [9.17, 15) is 39.6 Å². The number of carbonyl (C=O) groups is 4. The van der Waals surface area contributed by atoms with Crippen LogP contribution in [0.15, 0.2) is 53.3 Å². The highest BCUT2D eigenvalue weighted by Gasteiger charge is 2.64. The summed E-state index contributed by atoms with van der Waals surface area (Å²) in [6, 6.07) is 8.39. The number of carbonyl (C=O) groups excluding carboxylic acids is 4. The third-order valence-corrected chi connectivity index (χ3v) is 8.22. The Morgan fingerprint density at radius 2 is 1.70 bits per heavy atom.